The second-order valence-corrected chi connectivity index (χ2v) is 5.80. The van der Waals surface area contributed by atoms with Crippen molar-refractivity contribution in [2.24, 2.45) is 0 Å². The van der Waals surface area contributed by atoms with Crippen molar-refractivity contribution in [3.63, 3.8) is 0 Å². The molecule has 1 aliphatic rings. The lowest BCUT2D eigenvalue weighted by atomic mass is 10.1. The largest absolute Gasteiger partial charge is 0.367 e. The number of nitrogens with one attached hydrogen (secondary N) is 1. The highest BCUT2D eigenvalue weighted by Crippen LogP contribution is 2.23. The van der Waals surface area contributed by atoms with Gasteiger partial charge in [-0.15, -0.1) is 0 Å². The Kier molecular flexibility index (Phi) is 4.83. The maximum Gasteiger partial charge on any atom is 0.0388 e. The first kappa shape index (κ1) is 14.4. The standard InChI is InChI=1S/C16H27N3/c1-13-10-16(7-6-15(13)11-17-3)19-9-5-8-18(4)12-14(19)2/h6-7,10,14,17H,5,8-9,11-12H2,1-4H3. The van der Waals surface area contributed by atoms with Gasteiger partial charge in [0.05, 0.1) is 0 Å². The molecule has 3 heteroatoms. The van der Waals surface area contributed by atoms with Gasteiger partial charge in [-0.2, -0.15) is 0 Å². The van der Waals surface area contributed by atoms with Gasteiger partial charge in [-0.25, -0.2) is 0 Å². The molecule has 0 aliphatic carbocycles. The molecule has 1 aromatic carbocycles. The van der Waals surface area contributed by atoms with E-state index >= 15 is 0 Å². The Labute approximate surface area is 117 Å². The van der Waals surface area contributed by atoms with E-state index in [0.717, 1.165) is 19.6 Å². The van der Waals surface area contributed by atoms with Gasteiger partial charge in [0, 0.05) is 31.4 Å². The summed E-state index contributed by atoms with van der Waals surface area (Å²) in [5, 5.41) is 3.23. The van der Waals surface area contributed by atoms with Crippen molar-refractivity contribution in [2.75, 3.05) is 38.6 Å². The van der Waals surface area contributed by atoms with Gasteiger partial charge in [-0.3, -0.25) is 0 Å². The highest BCUT2D eigenvalue weighted by Gasteiger charge is 2.20. The molecule has 0 radical (unpaired) electrons. The molecule has 3 nitrogen and oxygen atoms in total. The van der Waals surface area contributed by atoms with Crippen LogP contribution in [0.3, 0.4) is 0 Å². The summed E-state index contributed by atoms with van der Waals surface area (Å²) in [4.78, 5) is 4.99. The fourth-order valence-electron chi connectivity index (χ4n) is 3.00. The maximum atomic E-state index is 3.23. The summed E-state index contributed by atoms with van der Waals surface area (Å²) in [6, 6.07) is 7.47. The lowest BCUT2D eigenvalue weighted by Gasteiger charge is -2.30. The molecular formula is C16H27N3. The van der Waals surface area contributed by atoms with Gasteiger partial charge in [0.15, 0.2) is 0 Å². The van der Waals surface area contributed by atoms with Crippen LogP contribution in [0, 0.1) is 6.92 Å². The minimum absolute atomic E-state index is 0.585. The van der Waals surface area contributed by atoms with E-state index in [1.54, 1.807) is 0 Å². The maximum absolute atomic E-state index is 3.23. The van der Waals surface area contributed by atoms with Gasteiger partial charge in [0.2, 0.25) is 0 Å². The summed E-state index contributed by atoms with van der Waals surface area (Å²) in [6.45, 7) is 9.01. The molecule has 1 heterocycles. The van der Waals surface area contributed by atoms with Crippen LogP contribution in [0.5, 0.6) is 0 Å². The van der Waals surface area contributed by atoms with E-state index in [-0.39, 0.29) is 0 Å². The molecular weight excluding hydrogens is 234 g/mol. The Balaban J connectivity index is 2.18. The zero-order valence-corrected chi connectivity index (χ0v) is 12.7. The summed E-state index contributed by atoms with van der Waals surface area (Å²) in [7, 11) is 4.22. The number of benzene rings is 1. The molecule has 1 aliphatic heterocycles. The third-order valence-electron chi connectivity index (χ3n) is 4.07. The van der Waals surface area contributed by atoms with Crippen molar-refractivity contribution >= 4 is 5.69 Å². The summed E-state index contributed by atoms with van der Waals surface area (Å²) in [5.41, 5.74) is 4.16. The number of hydrogen-bond acceptors (Lipinski definition) is 3. The molecule has 1 aromatic rings. The fraction of sp³-hybridized carbons (Fsp3) is 0.625. The van der Waals surface area contributed by atoms with Crippen LogP contribution in [-0.2, 0) is 6.54 Å². The summed E-state index contributed by atoms with van der Waals surface area (Å²) < 4.78 is 0. The number of rotatable bonds is 3. The molecule has 2 rings (SSSR count). The zero-order valence-electron chi connectivity index (χ0n) is 12.7. The molecule has 0 amide bonds. The normalized spacial score (nSPS) is 21.5. The van der Waals surface area contributed by atoms with E-state index < -0.39 is 0 Å². The Morgan fingerprint density at radius 3 is 2.79 bits per heavy atom. The van der Waals surface area contributed by atoms with Crippen LogP contribution in [-0.4, -0.2) is 44.7 Å². The van der Waals surface area contributed by atoms with Crippen LogP contribution in [0.15, 0.2) is 18.2 Å². The van der Waals surface area contributed by atoms with E-state index in [1.165, 1.54) is 29.8 Å². The predicted octanol–water partition coefficient (Wildman–Crippen LogP) is 2.24. The molecule has 1 saturated heterocycles. The van der Waals surface area contributed by atoms with Crippen molar-refractivity contribution in [3.05, 3.63) is 29.3 Å². The van der Waals surface area contributed by atoms with Gasteiger partial charge in [-0.05, 0) is 64.2 Å². The minimum Gasteiger partial charge on any atom is -0.367 e. The quantitative estimate of drug-likeness (QED) is 0.900. The van der Waals surface area contributed by atoms with E-state index in [2.05, 4.69) is 54.2 Å². The van der Waals surface area contributed by atoms with E-state index in [9.17, 15) is 0 Å². The average Bonchev–Trinajstić information content (AvgIpc) is 2.53. The number of aryl methyl sites for hydroxylation is 1. The van der Waals surface area contributed by atoms with Crippen LogP contribution in [0.25, 0.3) is 0 Å². The van der Waals surface area contributed by atoms with Gasteiger partial charge in [-0.1, -0.05) is 6.07 Å². The molecule has 1 unspecified atom stereocenters. The van der Waals surface area contributed by atoms with Gasteiger partial charge >= 0.3 is 0 Å². The lowest BCUT2D eigenvalue weighted by Crippen LogP contribution is -2.38. The highest BCUT2D eigenvalue weighted by atomic mass is 15.2. The minimum atomic E-state index is 0.585. The first-order chi connectivity index (χ1) is 9.11. The van der Waals surface area contributed by atoms with Gasteiger partial charge < -0.3 is 15.1 Å². The van der Waals surface area contributed by atoms with Crippen LogP contribution < -0.4 is 10.2 Å². The summed E-state index contributed by atoms with van der Waals surface area (Å²) in [5.74, 6) is 0. The molecule has 1 N–H and O–H groups in total. The predicted molar refractivity (Wildman–Crippen MR) is 82.9 cm³/mol. The molecule has 1 fully saturated rings. The number of likely N-dealkylation sites (N-methyl/N-ethyl adjacent to an activating group) is 1. The molecule has 1 atom stereocenters. The van der Waals surface area contributed by atoms with Crippen molar-refractivity contribution < 1.29 is 0 Å². The highest BCUT2D eigenvalue weighted by molar-refractivity contribution is 5.51. The van der Waals surface area contributed by atoms with Crippen LogP contribution in [0.1, 0.15) is 24.5 Å². The third kappa shape index (κ3) is 3.48. The second kappa shape index (κ2) is 6.40. The third-order valence-corrected chi connectivity index (χ3v) is 4.07. The SMILES string of the molecule is CNCc1ccc(N2CCCN(C)CC2C)cc1C. The monoisotopic (exact) mass is 261 g/mol. The van der Waals surface area contributed by atoms with Gasteiger partial charge in [0.1, 0.15) is 0 Å². The number of nitrogens with zero attached hydrogens (tertiary/aromatic N) is 2. The number of anilines is 1. The van der Waals surface area contributed by atoms with E-state index in [0.29, 0.717) is 6.04 Å². The van der Waals surface area contributed by atoms with Gasteiger partial charge in [0.25, 0.3) is 0 Å². The summed E-state index contributed by atoms with van der Waals surface area (Å²) >= 11 is 0. The Bertz CT molecular complexity index is 416. The van der Waals surface area contributed by atoms with Crippen molar-refractivity contribution in [2.45, 2.75) is 32.9 Å². The fourth-order valence-corrected chi connectivity index (χ4v) is 3.00. The number of hydrogen-bond donors (Lipinski definition) is 1. The first-order valence-electron chi connectivity index (χ1n) is 7.31. The average molecular weight is 261 g/mol. The van der Waals surface area contributed by atoms with Crippen molar-refractivity contribution in [1.29, 1.82) is 0 Å². The van der Waals surface area contributed by atoms with Crippen molar-refractivity contribution in [3.8, 4) is 0 Å². The molecule has 0 spiro atoms. The smallest absolute Gasteiger partial charge is 0.0388 e. The Morgan fingerprint density at radius 2 is 2.11 bits per heavy atom. The Morgan fingerprint density at radius 1 is 1.32 bits per heavy atom. The molecule has 19 heavy (non-hydrogen) atoms. The molecule has 0 saturated carbocycles. The second-order valence-electron chi connectivity index (χ2n) is 5.80. The first-order valence-corrected chi connectivity index (χ1v) is 7.31. The molecule has 0 bridgehead atoms. The lowest BCUT2D eigenvalue weighted by molar-refractivity contribution is 0.337. The van der Waals surface area contributed by atoms with E-state index in [1.807, 2.05) is 7.05 Å². The van der Waals surface area contributed by atoms with Crippen LogP contribution >= 0.6 is 0 Å². The van der Waals surface area contributed by atoms with E-state index in [4.69, 9.17) is 0 Å². The van der Waals surface area contributed by atoms with Crippen molar-refractivity contribution in [1.82, 2.24) is 10.2 Å². The van der Waals surface area contributed by atoms with Crippen LogP contribution in [0.4, 0.5) is 5.69 Å². The summed E-state index contributed by atoms with van der Waals surface area (Å²) in [6.07, 6.45) is 1.25. The zero-order chi connectivity index (χ0) is 13.8. The molecule has 0 aromatic heterocycles. The topological polar surface area (TPSA) is 18.5 Å². The molecule has 106 valence electrons. The Hall–Kier alpha value is -1.06. The van der Waals surface area contributed by atoms with Crippen LogP contribution in [0.2, 0.25) is 0 Å².